The molecule has 0 fully saturated rings. The van der Waals surface area contributed by atoms with Crippen LogP contribution in [0.15, 0.2) is 63.1 Å². The molecule has 126 valence electrons. The summed E-state index contributed by atoms with van der Waals surface area (Å²) in [5.41, 5.74) is 0.672. The van der Waals surface area contributed by atoms with Crippen molar-refractivity contribution < 1.29 is 13.3 Å². The van der Waals surface area contributed by atoms with E-state index in [2.05, 4.69) is 20.3 Å². The minimum Gasteiger partial charge on any atom is -0.467 e. The van der Waals surface area contributed by atoms with E-state index < -0.39 is 0 Å². The van der Waals surface area contributed by atoms with E-state index in [1.165, 1.54) is 23.9 Å². The van der Waals surface area contributed by atoms with Gasteiger partial charge in [-0.3, -0.25) is 0 Å². The van der Waals surface area contributed by atoms with Gasteiger partial charge in [0.05, 0.1) is 18.6 Å². The first-order valence-corrected chi connectivity index (χ1v) is 8.38. The molecule has 0 bridgehead atoms. The zero-order chi connectivity index (χ0) is 17.1. The van der Waals surface area contributed by atoms with Crippen molar-refractivity contribution in [2.75, 3.05) is 0 Å². The Morgan fingerprint density at radius 1 is 1.16 bits per heavy atom. The number of furan rings is 1. The molecule has 0 spiro atoms. The van der Waals surface area contributed by atoms with Gasteiger partial charge < -0.3 is 13.5 Å². The van der Waals surface area contributed by atoms with Crippen molar-refractivity contribution in [3.63, 3.8) is 0 Å². The topological polar surface area (TPSA) is 82.8 Å². The van der Waals surface area contributed by atoms with Gasteiger partial charge in [0.2, 0.25) is 0 Å². The molecule has 25 heavy (non-hydrogen) atoms. The summed E-state index contributed by atoms with van der Waals surface area (Å²) in [6, 6.07) is 9.63. The Balaban J connectivity index is 1.42. The van der Waals surface area contributed by atoms with Crippen LogP contribution in [0.5, 0.6) is 0 Å². The molecular formula is C16H12FN5O2S. The Hall–Kier alpha value is -2.94. The first-order chi connectivity index (χ1) is 12.3. The van der Waals surface area contributed by atoms with Gasteiger partial charge in [0.15, 0.2) is 11.0 Å². The fourth-order valence-electron chi connectivity index (χ4n) is 2.19. The van der Waals surface area contributed by atoms with Gasteiger partial charge in [0.25, 0.3) is 5.89 Å². The lowest BCUT2D eigenvalue weighted by Crippen LogP contribution is -1.99. The molecule has 7 nitrogen and oxygen atoms in total. The van der Waals surface area contributed by atoms with E-state index in [1.807, 2.05) is 16.7 Å². The predicted octanol–water partition coefficient (Wildman–Crippen LogP) is 3.40. The van der Waals surface area contributed by atoms with Crippen LogP contribution in [0.25, 0.3) is 11.5 Å². The summed E-state index contributed by atoms with van der Waals surface area (Å²) in [7, 11) is 0. The Labute approximate surface area is 145 Å². The smallest absolute Gasteiger partial charge is 0.257 e. The van der Waals surface area contributed by atoms with Crippen molar-refractivity contribution in [3.05, 3.63) is 66.4 Å². The highest BCUT2D eigenvalue weighted by molar-refractivity contribution is 7.98. The van der Waals surface area contributed by atoms with Gasteiger partial charge in [-0.2, -0.15) is 4.98 Å². The highest BCUT2D eigenvalue weighted by Gasteiger charge is 2.12. The fraction of sp³-hybridized carbons (Fsp3) is 0.125. The summed E-state index contributed by atoms with van der Waals surface area (Å²) in [6.45, 7) is 0.551. The van der Waals surface area contributed by atoms with Crippen LogP contribution in [0, 0.1) is 5.82 Å². The summed E-state index contributed by atoms with van der Waals surface area (Å²) in [6.07, 6.45) is 3.27. The van der Waals surface area contributed by atoms with Crippen molar-refractivity contribution >= 4 is 11.8 Å². The third-order valence-corrected chi connectivity index (χ3v) is 4.35. The zero-order valence-corrected chi connectivity index (χ0v) is 13.7. The molecule has 4 rings (SSSR count). The Morgan fingerprint density at radius 2 is 2.04 bits per heavy atom. The number of benzene rings is 1. The number of thioether (sulfide) groups is 1. The second kappa shape index (κ2) is 6.89. The number of halogens is 1. The largest absolute Gasteiger partial charge is 0.467 e. The molecule has 0 radical (unpaired) electrons. The number of rotatable bonds is 6. The minimum atomic E-state index is -0.310. The van der Waals surface area contributed by atoms with E-state index in [-0.39, 0.29) is 5.82 Å². The van der Waals surface area contributed by atoms with Crippen LogP contribution in [0.2, 0.25) is 0 Å². The molecule has 0 atom stereocenters. The Bertz CT molecular complexity index is 949. The van der Waals surface area contributed by atoms with Crippen molar-refractivity contribution in [3.8, 4) is 11.5 Å². The normalized spacial score (nSPS) is 11.1. The lowest BCUT2D eigenvalue weighted by Gasteiger charge is -2.02. The molecule has 0 amide bonds. The molecule has 0 aliphatic rings. The SMILES string of the molecule is Fc1ccc(-c2nc(CSc3nncn3Cc3ccco3)no2)cc1. The molecule has 0 unspecified atom stereocenters. The van der Waals surface area contributed by atoms with Crippen molar-refractivity contribution in [1.82, 2.24) is 24.9 Å². The fourth-order valence-corrected chi connectivity index (χ4v) is 2.94. The van der Waals surface area contributed by atoms with Gasteiger partial charge in [-0.1, -0.05) is 16.9 Å². The lowest BCUT2D eigenvalue weighted by molar-refractivity contribution is 0.425. The molecule has 0 aliphatic carbocycles. The van der Waals surface area contributed by atoms with Gasteiger partial charge in [-0.05, 0) is 36.4 Å². The second-order valence-corrected chi connectivity index (χ2v) is 6.07. The average Bonchev–Trinajstić information content (AvgIpc) is 3.36. The van der Waals surface area contributed by atoms with Crippen LogP contribution < -0.4 is 0 Å². The average molecular weight is 357 g/mol. The molecule has 0 N–H and O–H groups in total. The molecule has 0 saturated carbocycles. The van der Waals surface area contributed by atoms with Crippen molar-refractivity contribution in [2.24, 2.45) is 0 Å². The highest BCUT2D eigenvalue weighted by atomic mass is 32.2. The molecule has 0 saturated heterocycles. The van der Waals surface area contributed by atoms with Gasteiger partial charge in [-0.25, -0.2) is 4.39 Å². The summed E-state index contributed by atoms with van der Waals surface area (Å²) in [5.74, 6) is 1.86. The van der Waals surface area contributed by atoms with Gasteiger partial charge in [0.1, 0.15) is 17.9 Å². The summed E-state index contributed by atoms with van der Waals surface area (Å²) >= 11 is 1.44. The molecule has 3 aromatic heterocycles. The van der Waals surface area contributed by atoms with Gasteiger partial charge in [-0.15, -0.1) is 10.2 Å². The Kier molecular flexibility index (Phi) is 4.30. The predicted molar refractivity (Wildman–Crippen MR) is 87.1 cm³/mol. The summed E-state index contributed by atoms with van der Waals surface area (Å²) in [4.78, 5) is 4.32. The molecular weight excluding hydrogens is 345 g/mol. The third-order valence-electron chi connectivity index (χ3n) is 3.38. The first-order valence-electron chi connectivity index (χ1n) is 7.39. The third kappa shape index (κ3) is 3.61. The first kappa shape index (κ1) is 15.6. The van der Waals surface area contributed by atoms with Crippen LogP contribution in [-0.4, -0.2) is 24.9 Å². The van der Waals surface area contributed by atoms with Crippen molar-refractivity contribution in [2.45, 2.75) is 17.5 Å². The quantitative estimate of drug-likeness (QED) is 0.489. The van der Waals surface area contributed by atoms with Crippen molar-refractivity contribution in [1.29, 1.82) is 0 Å². The van der Waals surface area contributed by atoms with Crippen LogP contribution in [0.1, 0.15) is 11.6 Å². The minimum absolute atomic E-state index is 0.310. The van der Waals surface area contributed by atoms with Gasteiger partial charge in [0, 0.05) is 5.56 Å². The van der Waals surface area contributed by atoms with E-state index >= 15 is 0 Å². The summed E-state index contributed by atoms with van der Waals surface area (Å²) < 4.78 is 25.4. The monoisotopic (exact) mass is 357 g/mol. The van der Waals surface area contributed by atoms with E-state index in [4.69, 9.17) is 8.94 Å². The molecule has 4 aromatic rings. The number of nitrogens with zero attached hydrogens (tertiary/aromatic N) is 5. The maximum atomic E-state index is 13.0. The molecule has 3 heterocycles. The standard InChI is InChI=1S/C16H12FN5O2S/c17-12-5-3-11(4-6-12)15-19-14(21-24-15)9-25-16-20-18-10-22(16)8-13-2-1-7-23-13/h1-7,10H,8-9H2. The van der Waals surface area contributed by atoms with Gasteiger partial charge >= 0.3 is 0 Å². The van der Waals surface area contributed by atoms with Crippen LogP contribution in [0.3, 0.4) is 0 Å². The van der Waals surface area contributed by atoms with E-state index in [1.54, 1.807) is 24.7 Å². The maximum Gasteiger partial charge on any atom is 0.257 e. The van der Waals surface area contributed by atoms with E-state index in [0.29, 0.717) is 29.6 Å². The highest BCUT2D eigenvalue weighted by Crippen LogP contribution is 2.23. The number of aromatic nitrogens is 5. The second-order valence-electron chi connectivity index (χ2n) is 5.13. The number of hydrogen-bond donors (Lipinski definition) is 0. The van der Waals surface area contributed by atoms with Crippen LogP contribution >= 0.6 is 11.8 Å². The molecule has 0 aliphatic heterocycles. The molecule has 1 aromatic carbocycles. The molecule has 9 heteroatoms. The van der Waals surface area contributed by atoms with Crippen LogP contribution in [0.4, 0.5) is 4.39 Å². The lowest BCUT2D eigenvalue weighted by atomic mass is 10.2. The summed E-state index contributed by atoms with van der Waals surface area (Å²) in [5, 5.41) is 12.7. The van der Waals surface area contributed by atoms with Crippen LogP contribution in [-0.2, 0) is 12.3 Å². The van der Waals surface area contributed by atoms with E-state index in [9.17, 15) is 4.39 Å². The number of hydrogen-bond acceptors (Lipinski definition) is 7. The van der Waals surface area contributed by atoms with E-state index in [0.717, 1.165) is 10.9 Å². The zero-order valence-electron chi connectivity index (χ0n) is 12.9. The Morgan fingerprint density at radius 3 is 2.84 bits per heavy atom. The maximum absolute atomic E-state index is 13.0.